The van der Waals surface area contributed by atoms with Crippen molar-refractivity contribution in [2.45, 2.75) is 50.6 Å². The lowest BCUT2D eigenvalue weighted by Gasteiger charge is -2.32. The molecule has 2 rings (SSSR count). The lowest BCUT2D eigenvalue weighted by molar-refractivity contribution is 0.145. The molecule has 2 saturated carbocycles. The Hall–Kier alpha value is -0.120. The van der Waals surface area contributed by atoms with Gasteiger partial charge in [-0.05, 0) is 37.5 Å². The number of hydrogen-bond acceptors (Lipinski definition) is 3. The highest BCUT2D eigenvalue weighted by atomic mass is 16.3. The summed E-state index contributed by atoms with van der Waals surface area (Å²) in [5.74, 6) is 1.91. The van der Waals surface area contributed by atoms with Gasteiger partial charge >= 0.3 is 0 Å². The Kier molecular flexibility index (Phi) is 4.00. The summed E-state index contributed by atoms with van der Waals surface area (Å²) in [5, 5.41) is 21.4. The number of nitrogens with one attached hydrogen (secondary N) is 1. The van der Waals surface area contributed by atoms with Gasteiger partial charge in [0.2, 0.25) is 0 Å². The molecule has 0 aliphatic heterocycles. The van der Waals surface area contributed by atoms with E-state index in [9.17, 15) is 0 Å². The monoisotopic (exact) mass is 213 g/mol. The van der Waals surface area contributed by atoms with E-state index in [0.29, 0.717) is 6.04 Å². The SMILES string of the molecule is OCC(CO)NC1CCCC(C2CC2)C1. The molecule has 0 aromatic rings. The molecule has 2 fully saturated rings. The van der Waals surface area contributed by atoms with Crippen LogP contribution in [0.25, 0.3) is 0 Å². The number of hydrogen-bond donors (Lipinski definition) is 3. The Morgan fingerprint density at radius 3 is 2.33 bits per heavy atom. The highest BCUT2D eigenvalue weighted by molar-refractivity contribution is 4.88. The fourth-order valence-electron chi connectivity index (χ4n) is 2.87. The highest BCUT2D eigenvalue weighted by Crippen LogP contribution is 2.43. The van der Waals surface area contributed by atoms with Gasteiger partial charge < -0.3 is 15.5 Å². The molecule has 2 atom stereocenters. The molecule has 88 valence electrons. The van der Waals surface area contributed by atoms with E-state index in [2.05, 4.69) is 5.32 Å². The van der Waals surface area contributed by atoms with Crippen LogP contribution in [0, 0.1) is 11.8 Å². The van der Waals surface area contributed by atoms with Crippen LogP contribution in [0.3, 0.4) is 0 Å². The largest absolute Gasteiger partial charge is 0.395 e. The first-order chi connectivity index (χ1) is 7.33. The van der Waals surface area contributed by atoms with Gasteiger partial charge in [-0.3, -0.25) is 0 Å². The predicted octanol–water partition coefficient (Wildman–Crippen LogP) is 0.898. The topological polar surface area (TPSA) is 52.5 Å². The minimum atomic E-state index is -0.118. The van der Waals surface area contributed by atoms with Gasteiger partial charge in [0.15, 0.2) is 0 Å². The Labute approximate surface area is 91.9 Å². The molecule has 0 saturated heterocycles. The van der Waals surface area contributed by atoms with Gasteiger partial charge in [-0.2, -0.15) is 0 Å². The third-order valence-corrected chi connectivity index (χ3v) is 3.92. The average Bonchev–Trinajstić information content (AvgIpc) is 3.10. The minimum absolute atomic E-state index is 0.0428. The fraction of sp³-hybridized carbons (Fsp3) is 1.00. The van der Waals surface area contributed by atoms with Gasteiger partial charge in [0, 0.05) is 6.04 Å². The van der Waals surface area contributed by atoms with Crippen molar-refractivity contribution in [2.24, 2.45) is 11.8 Å². The maximum Gasteiger partial charge on any atom is 0.0607 e. The molecule has 2 aliphatic rings. The molecule has 2 aliphatic carbocycles. The van der Waals surface area contributed by atoms with Crippen molar-refractivity contribution in [3.8, 4) is 0 Å². The van der Waals surface area contributed by atoms with Crippen molar-refractivity contribution in [2.75, 3.05) is 13.2 Å². The van der Waals surface area contributed by atoms with Crippen LogP contribution in [0.15, 0.2) is 0 Å². The predicted molar refractivity (Wildman–Crippen MR) is 59.6 cm³/mol. The van der Waals surface area contributed by atoms with Crippen molar-refractivity contribution in [3.05, 3.63) is 0 Å². The maximum atomic E-state index is 9.02. The van der Waals surface area contributed by atoms with E-state index in [0.717, 1.165) is 11.8 Å². The molecule has 3 N–H and O–H groups in total. The molecule has 3 heteroatoms. The van der Waals surface area contributed by atoms with Crippen LogP contribution in [-0.4, -0.2) is 35.5 Å². The van der Waals surface area contributed by atoms with E-state index in [4.69, 9.17) is 10.2 Å². The van der Waals surface area contributed by atoms with Gasteiger partial charge in [-0.1, -0.05) is 12.8 Å². The van der Waals surface area contributed by atoms with Crippen molar-refractivity contribution >= 4 is 0 Å². The van der Waals surface area contributed by atoms with E-state index in [1.165, 1.54) is 38.5 Å². The van der Waals surface area contributed by atoms with Crippen LogP contribution in [0.4, 0.5) is 0 Å². The summed E-state index contributed by atoms with van der Waals surface area (Å²) in [7, 11) is 0. The maximum absolute atomic E-state index is 9.02. The van der Waals surface area contributed by atoms with Crippen LogP contribution in [-0.2, 0) is 0 Å². The summed E-state index contributed by atoms with van der Waals surface area (Å²) >= 11 is 0. The summed E-state index contributed by atoms with van der Waals surface area (Å²) in [4.78, 5) is 0. The molecular formula is C12H23NO2. The Morgan fingerprint density at radius 2 is 1.73 bits per heavy atom. The number of rotatable bonds is 5. The lowest BCUT2D eigenvalue weighted by atomic mass is 9.82. The van der Waals surface area contributed by atoms with Gasteiger partial charge in [0.25, 0.3) is 0 Å². The van der Waals surface area contributed by atoms with E-state index >= 15 is 0 Å². The quantitative estimate of drug-likeness (QED) is 0.636. The average molecular weight is 213 g/mol. The first-order valence-electron chi connectivity index (χ1n) is 6.31. The second kappa shape index (κ2) is 5.28. The van der Waals surface area contributed by atoms with Crippen LogP contribution < -0.4 is 5.32 Å². The van der Waals surface area contributed by atoms with E-state index in [1.54, 1.807) is 0 Å². The summed E-state index contributed by atoms with van der Waals surface area (Å²) in [6.45, 7) is 0.0855. The standard InChI is InChI=1S/C12H23NO2/c14-7-12(8-15)13-11-3-1-2-10(6-11)9-4-5-9/h9-15H,1-8H2. The van der Waals surface area contributed by atoms with E-state index in [1.807, 2.05) is 0 Å². The van der Waals surface area contributed by atoms with Crippen molar-refractivity contribution in [1.82, 2.24) is 5.32 Å². The molecule has 0 amide bonds. The van der Waals surface area contributed by atoms with Gasteiger partial charge in [-0.15, -0.1) is 0 Å². The van der Waals surface area contributed by atoms with Crippen LogP contribution in [0.1, 0.15) is 38.5 Å². The zero-order valence-corrected chi connectivity index (χ0v) is 9.36. The Bertz CT molecular complexity index is 188. The van der Waals surface area contributed by atoms with Gasteiger partial charge in [0.1, 0.15) is 0 Å². The van der Waals surface area contributed by atoms with Crippen LogP contribution in [0.2, 0.25) is 0 Å². The second-order valence-electron chi connectivity index (χ2n) is 5.19. The molecule has 0 heterocycles. The van der Waals surface area contributed by atoms with E-state index < -0.39 is 0 Å². The number of aliphatic hydroxyl groups is 2. The smallest absolute Gasteiger partial charge is 0.0607 e. The first kappa shape index (κ1) is 11.4. The third-order valence-electron chi connectivity index (χ3n) is 3.92. The van der Waals surface area contributed by atoms with Crippen molar-refractivity contribution in [3.63, 3.8) is 0 Å². The molecule has 15 heavy (non-hydrogen) atoms. The highest BCUT2D eigenvalue weighted by Gasteiger charge is 2.34. The normalized spacial score (nSPS) is 32.2. The first-order valence-corrected chi connectivity index (χ1v) is 6.31. The fourth-order valence-corrected chi connectivity index (χ4v) is 2.87. The molecule has 0 aromatic carbocycles. The molecule has 0 spiro atoms. The molecule has 2 unspecified atom stereocenters. The van der Waals surface area contributed by atoms with Gasteiger partial charge in [-0.25, -0.2) is 0 Å². The zero-order chi connectivity index (χ0) is 10.7. The van der Waals surface area contributed by atoms with E-state index in [-0.39, 0.29) is 19.3 Å². The third kappa shape index (κ3) is 3.16. The number of aliphatic hydroxyl groups excluding tert-OH is 2. The molecular weight excluding hydrogens is 190 g/mol. The Balaban J connectivity index is 1.76. The minimum Gasteiger partial charge on any atom is -0.395 e. The molecule has 3 nitrogen and oxygen atoms in total. The van der Waals surface area contributed by atoms with Crippen molar-refractivity contribution < 1.29 is 10.2 Å². The second-order valence-corrected chi connectivity index (χ2v) is 5.19. The molecule has 0 aromatic heterocycles. The summed E-state index contributed by atoms with van der Waals surface area (Å²) in [6.07, 6.45) is 8.02. The summed E-state index contributed by atoms with van der Waals surface area (Å²) < 4.78 is 0. The zero-order valence-electron chi connectivity index (χ0n) is 9.36. The van der Waals surface area contributed by atoms with Gasteiger partial charge in [0.05, 0.1) is 19.3 Å². The summed E-state index contributed by atoms with van der Waals surface area (Å²) in [6, 6.07) is 0.404. The van der Waals surface area contributed by atoms with Crippen LogP contribution in [0.5, 0.6) is 0 Å². The lowest BCUT2D eigenvalue weighted by Crippen LogP contribution is -2.45. The summed E-state index contributed by atoms with van der Waals surface area (Å²) in [5.41, 5.74) is 0. The molecule has 0 bridgehead atoms. The van der Waals surface area contributed by atoms with Crippen LogP contribution >= 0.6 is 0 Å². The van der Waals surface area contributed by atoms with Crippen molar-refractivity contribution in [1.29, 1.82) is 0 Å². The Morgan fingerprint density at radius 1 is 1.00 bits per heavy atom. The molecule has 0 radical (unpaired) electrons.